The highest BCUT2D eigenvalue weighted by atomic mass is 19.4. The van der Waals surface area contributed by atoms with Crippen LogP contribution in [-0.4, -0.2) is 14.7 Å². The van der Waals surface area contributed by atoms with Gasteiger partial charge in [-0.3, -0.25) is 4.57 Å². The molecule has 0 aliphatic carbocycles. The fourth-order valence-electron chi connectivity index (χ4n) is 2.17. The summed E-state index contributed by atoms with van der Waals surface area (Å²) in [5.74, 6) is -0.0813. The predicted molar refractivity (Wildman–Crippen MR) is 70.6 cm³/mol. The minimum atomic E-state index is -4.49. The van der Waals surface area contributed by atoms with Gasteiger partial charge in [0.15, 0.2) is 0 Å². The van der Waals surface area contributed by atoms with Crippen molar-refractivity contribution in [3.8, 4) is 11.4 Å². The van der Waals surface area contributed by atoms with E-state index in [1.165, 1.54) is 30.3 Å². The molecule has 0 unspecified atom stereocenters. The molecule has 0 fully saturated rings. The normalized spacial score (nSPS) is 12.0. The summed E-state index contributed by atoms with van der Waals surface area (Å²) in [7, 11) is 0. The maximum atomic E-state index is 12.8. The second-order valence-electron chi connectivity index (χ2n) is 4.52. The first kappa shape index (κ1) is 13.3. The first-order valence-corrected chi connectivity index (χ1v) is 5.97. The lowest BCUT2D eigenvalue weighted by molar-refractivity contribution is -0.137. The smallest absolute Gasteiger partial charge is 0.416 e. The minimum absolute atomic E-state index is 0.0756. The van der Waals surface area contributed by atoms with E-state index in [1.807, 2.05) is 0 Å². The van der Waals surface area contributed by atoms with Gasteiger partial charge in [0.2, 0.25) is 0 Å². The standard InChI is InChI=1S/C14H9F3N2O2/c15-14(16,17)8-2-1-3-9(6-8)19-12-7-10(20)4-5-11(12)18-13(19)21/h1-7,20H,(H,18,21). The first-order chi connectivity index (χ1) is 9.86. The molecule has 21 heavy (non-hydrogen) atoms. The lowest BCUT2D eigenvalue weighted by Crippen LogP contribution is -2.15. The number of nitrogens with zero attached hydrogens (tertiary/aromatic N) is 1. The second-order valence-corrected chi connectivity index (χ2v) is 4.52. The number of nitrogens with one attached hydrogen (secondary N) is 1. The molecule has 3 rings (SSSR count). The van der Waals surface area contributed by atoms with Gasteiger partial charge in [-0.2, -0.15) is 13.2 Å². The van der Waals surface area contributed by atoms with Crippen molar-refractivity contribution in [2.45, 2.75) is 6.18 Å². The van der Waals surface area contributed by atoms with Gasteiger partial charge < -0.3 is 10.1 Å². The van der Waals surface area contributed by atoms with E-state index in [9.17, 15) is 23.1 Å². The fourth-order valence-corrected chi connectivity index (χ4v) is 2.17. The molecule has 0 aliphatic rings. The summed E-state index contributed by atoms with van der Waals surface area (Å²) in [6.45, 7) is 0. The van der Waals surface area contributed by atoms with Crippen LogP contribution in [0.1, 0.15) is 5.56 Å². The molecule has 0 saturated heterocycles. The summed E-state index contributed by atoms with van der Waals surface area (Å²) < 4.78 is 39.3. The summed E-state index contributed by atoms with van der Waals surface area (Å²) in [6.07, 6.45) is -4.49. The fraction of sp³-hybridized carbons (Fsp3) is 0.0714. The van der Waals surface area contributed by atoms with E-state index in [0.717, 1.165) is 16.7 Å². The van der Waals surface area contributed by atoms with Gasteiger partial charge in [-0.05, 0) is 30.3 Å². The largest absolute Gasteiger partial charge is 0.508 e. The highest BCUT2D eigenvalue weighted by Crippen LogP contribution is 2.30. The van der Waals surface area contributed by atoms with Crippen LogP contribution in [0.4, 0.5) is 13.2 Å². The molecule has 108 valence electrons. The van der Waals surface area contributed by atoms with Crippen LogP contribution in [0.5, 0.6) is 5.75 Å². The van der Waals surface area contributed by atoms with Gasteiger partial charge in [0, 0.05) is 6.07 Å². The van der Waals surface area contributed by atoms with Gasteiger partial charge in [0.05, 0.1) is 22.3 Å². The molecule has 0 saturated carbocycles. The maximum Gasteiger partial charge on any atom is 0.416 e. The molecular weight excluding hydrogens is 285 g/mol. The van der Waals surface area contributed by atoms with Crippen LogP contribution in [0.2, 0.25) is 0 Å². The summed E-state index contributed by atoms with van der Waals surface area (Å²) in [6, 6.07) is 8.62. The molecule has 0 bridgehead atoms. The number of aromatic amines is 1. The number of phenolic OH excluding ortho intramolecular Hbond substituents is 1. The Balaban J connectivity index is 2.28. The third-order valence-electron chi connectivity index (χ3n) is 3.10. The molecule has 0 aliphatic heterocycles. The van der Waals surface area contributed by atoms with Crippen molar-refractivity contribution < 1.29 is 18.3 Å². The number of benzene rings is 2. The lowest BCUT2D eigenvalue weighted by Gasteiger charge is -2.09. The lowest BCUT2D eigenvalue weighted by atomic mass is 10.2. The summed E-state index contributed by atoms with van der Waals surface area (Å²) in [5.41, 5.74) is -0.613. The molecule has 0 atom stereocenters. The number of alkyl halides is 3. The van der Waals surface area contributed by atoms with Crippen LogP contribution in [0.15, 0.2) is 47.3 Å². The Kier molecular flexibility index (Phi) is 2.79. The molecule has 1 aromatic heterocycles. The average Bonchev–Trinajstić information content (AvgIpc) is 2.73. The zero-order valence-corrected chi connectivity index (χ0v) is 10.5. The molecular formula is C14H9F3N2O2. The highest BCUT2D eigenvalue weighted by molar-refractivity contribution is 5.78. The number of aromatic nitrogens is 2. The van der Waals surface area contributed by atoms with Gasteiger partial charge in [-0.15, -0.1) is 0 Å². The first-order valence-electron chi connectivity index (χ1n) is 5.97. The van der Waals surface area contributed by atoms with Crippen molar-refractivity contribution in [1.82, 2.24) is 9.55 Å². The zero-order chi connectivity index (χ0) is 15.2. The van der Waals surface area contributed by atoms with Crippen molar-refractivity contribution in [2.75, 3.05) is 0 Å². The highest BCUT2D eigenvalue weighted by Gasteiger charge is 2.30. The average molecular weight is 294 g/mol. The molecule has 3 aromatic rings. The van der Waals surface area contributed by atoms with E-state index in [2.05, 4.69) is 4.98 Å². The molecule has 2 aromatic carbocycles. The SMILES string of the molecule is O=c1[nH]c2ccc(O)cc2n1-c1cccc(C(F)(F)F)c1. The van der Waals surface area contributed by atoms with Crippen molar-refractivity contribution >= 4 is 11.0 Å². The number of halogens is 3. The Hall–Kier alpha value is -2.70. The molecule has 0 radical (unpaired) electrons. The summed E-state index contributed by atoms with van der Waals surface area (Å²) in [4.78, 5) is 14.5. The number of H-pyrrole nitrogens is 1. The van der Waals surface area contributed by atoms with Gasteiger partial charge >= 0.3 is 11.9 Å². The molecule has 1 heterocycles. The third-order valence-corrected chi connectivity index (χ3v) is 3.10. The predicted octanol–water partition coefficient (Wildman–Crippen LogP) is 3.04. The maximum absolute atomic E-state index is 12.8. The Labute approximate surface area is 116 Å². The molecule has 7 heteroatoms. The van der Waals surface area contributed by atoms with E-state index in [1.54, 1.807) is 0 Å². The van der Waals surface area contributed by atoms with Crippen LogP contribution in [0, 0.1) is 0 Å². The second kappa shape index (κ2) is 4.41. The Bertz CT molecular complexity index is 878. The molecule has 2 N–H and O–H groups in total. The van der Waals surface area contributed by atoms with Crippen LogP contribution in [0.25, 0.3) is 16.7 Å². The summed E-state index contributed by atoms with van der Waals surface area (Å²) >= 11 is 0. The van der Waals surface area contributed by atoms with Crippen molar-refractivity contribution in [3.05, 3.63) is 58.5 Å². The molecule has 4 nitrogen and oxygen atoms in total. The van der Waals surface area contributed by atoms with Crippen LogP contribution < -0.4 is 5.69 Å². The molecule has 0 spiro atoms. The van der Waals surface area contributed by atoms with Crippen LogP contribution in [-0.2, 0) is 6.18 Å². The number of imidazole rings is 1. The van der Waals surface area contributed by atoms with E-state index < -0.39 is 17.4 Å². The van der Waals surface area contributed by atoms with Gasteiger partial charge in [0.1, 0.15) is 5.75 Å². The number of aromatic hydroxyl groups is 1. The number of rotatable bonds is 1. The van der Waals surface area contributed by atoms with E-state index in [0.29, 0.717) is 11.0 Å². The summed E-state index contributed by atoms with van der Waals surface area (Å²) in [5, 5.41) is 9.49. The third kappa shape index (κ3) is 2.26. The Morgan fingerprint density at radius 1 is 1.10 bits per heavy atom. The van der Waals surface area contributed by atoms with E-state index in [-0.39, 0.29) is 11.4 Å². The Morgan fingerprint density at radius 2 is 1.86 bits per heavy atom. The zero-order valence-electron chi connectivity index (χ0n) is 10.5. The van der Waals surface area contributed by atoms with E-state index >= 15 is 0 Å². The number of phenols is 1. The molecule has 0 amide bonds. The van der Waals surface area contributed by atoms with Gasteiger partial charge in [0.25, 0.3) is 0 Å². The number of hydrogen-bond acceptors (Lipinski definition) is 2. The van der Waals surface area contributed by atoms with Crippen molar-refractivity contribution in [1.29, 1.82) is 0 Å². The van der Waals surface area contributed by atoms with Crippen LogP contribution in [0.3, 0.4) is 0 Å². The van der Waals surface area contributed by atoms with Crippen LogP contribution >= 0.6 is 0 Å². The quantitative estimate of drug-likeness (QED) is 0.724. The number of hydrogen-bond donors (Lipinski definition) is 2. The van der Waals surface area contributed by atoms with Gasteiger partial charge in [-0.25, -0.2) is 4.79 Å². The monoisotopic (exact) mass is 294 g/mol. The number of fused-ring (bicyclic) bond motifs is 1. The Morgan fingerprint density at radius 3 is 2.57 bits per heavy atom. The topological polar surface area (TPSA) is 58.0 Å². The van der Waals surface area contributed by atoms with Gasteiger partial charge in [-0.1, -0.05) is 6.07 Å². The minimum Gasteiger partial charge on any atom is -0.508 e. The van der Waals surface area contributed by atoms with E-state index in [4.69, 9.17) is 0 Å². The van der Waals surface area contributed by atoms with Crippen molar-refractivity contribution in [3.63, 3.8) is 0 Å². The van der Waals surface area contributed by atoms with Crippen molar-refractivity contribution in [2.24, 2.45) is 0 Å².